The van der Waals surface area contributed by atoms with E-state index in [1.165, 1.54) is 25.7 Å². The number of nitrogens with zero attached hydrogens (tertiary/aromatic N) is 1. The van der Waals surface area contributed by atoms with E-state index in [9.17, 15) is 10.3 Å². The largest absolute Gasteiger partial charge is 0.411 e. The van der Waals surface area contributed by atoms with Crippen LogP contribution in [0.3, 0.4) is 0 Å². The smallest absolute Gasteiger partial charge is 0.125 e. The summed E-state index contributed by atoms with van der Waals surface area (Å²) in [5, 5.41) is 23.7. The zero-order valence-corrected chi connectivity index (χ0v) is 15.1. The molecule has 0 spiro atoms. The molecule has 4 fully saturated rings. The van der Waals surface area contributed by atoms with Crippen LogP contribution in [0, 0.1) is 46.8 Å². The third kappa shape index (κ3) is 2.05. The van der Waals surface area contributed by atoms with Crippen molar-refractivity contribution < 1.29 is 10.3 Å². The van der Waals surface area contributed by atoms with Gasteiger partial charge in [0.05, 0.1) is 5.71 Å². The molecule has 0 heterocycles. The Balaban J connectivity index is 1.62. The van der Waals surface area contributed by atoms with Crippen LogP contribution in [0.5, 0.6) is 0 Å². The monoisotopic (exact) mass is 329 g/mol. The minimum absolute atomic E-state index is 0.118. The number of aliphatic hydroxyl groups is 1. The van der Waals surface area contributed by atoms with Gasteiger partial charge in [0.1, 0.15) is 5.60 Å². The normalized spacial score (nSPS) is 55.3. The van der Waals surface area contributed by atoms with E-state index in [2.05, 4.69) is 24.9 Å². The molecule has 132 valence electrons. The van der Waals surface area contributed by atoms with Gasteiger partial charge in [-0.15, -0.1) is 6.42 Å². The minimum Gasteiger partial charge on any atom is -0.411 e. The molecule has 4 aliphatic carbocycles. The second-order valence-corrected chi connectivity index (χ2v) is 9.58. The highest BCUT2D eigenvalue weighted by Gasteiger charge is 2.60. The first-order valence-electron chi connectivity index (χ1n) is 9.78. The maximum Gasteiger partial charge on any atom is 0.125 e. The quantitative estimate of drug-likeness (QED) is 0.397. The molecule has 4 unspecified atom stereocenters. The Morgan fingerprint density at radius 3 is 2.58 bits per heavy atom. The Hall–Kier alpha value is -1.01. The molecular weight excluding hydrogens is 298 g/mol. The first kappa shape index (κ1) is 16.5. The van der Waals surface area contributed by atoms with Crippen LogP contribution >= 0.6 is 0 Å². The van der Waals surface area contributed by atoms with Crippen molar-refractivity contribution in [1.82, 2.24) is 0 Å². The Morgan fingerprint density at radius 2 is 1.88 bits per heavy atom. The molecule has 7 atom stereocenters. The SMILES string of the molecule is C#C[C@]1(O)CC[C@@]2(C)C(CCC3C2CC[C@]2(C)/C(=N/O)CCC32)C1. The van der Waals surface area contributed by atoms with E-state index in [1.807, 2.05) is 0 Å². The third-order valence-electron chi connectivity index (χ3n) is 8.86. The first-order valence-corrected chi connectivity index (χ1v) is 9.78. The van der Waals surface area contributed by atoms with E-state index in [0.717, 1.165) is 49.7 Å². The van der Waals surface area contributed by atoms with Crippen LogP contribution in [0.25, 0.3) is 0 Å². The van der Waals surface area contributed by atoms with Crippen LogP contribution in [0.2, 0.25) is 0 Å². The van der Waals surface area contributed by atoms with Crippen LogP contribution in [-0.4, -0.2) is 21.6 Å². The molecule has 0 radical (unpaired) electrons. The lowest BCUT2D eigenvalue weighted by molar-refractivity contribution is -0.127. The summed E-state index contributed by atoms with van der Waals surface area (Å²) in [6, 6.07) is 0. The summed E-state index contributed by atoms with van der Waals surface area (Å²) in [6.45, 7) is 4.81. The summed E-state index contributed by atoms with van der Waals surface area (Å²) in [5.41, 5.74) is 0.618. The summed E-state index contributed by atoms with van der Waals surface area (Å²) in [6.07, 6.45) is 15.2. The highest BCUT2D eigenvalue weighted by atomic mass is 16.4. The zero-order chi connectivity index (χ0) is 17.2. The molecule has 3 nitrogen and oxygen atoms in total. The van der Waals surface area contributed by atoms with Gasteiger partial charge in [0.2, 0.25) is 0 Å². The summed E-state index contributed by atoms with van der Waals surface area (Å²) >= 11 is 0. The van der Waals surface area contributed by atoms with Gasteiger partial charge in [0.25, 0.3) is 0 Å². The lowest BCUT2D eigenvalue weighted by atomic mass is 9.44. The average Bonchev–Trinajstić information content (AvgIpc) is 2.92. The molecule has 4 saturated carbocycles. The summed E-state index contributed by atoms with van der Waals surface area (Å²) < 4.78 is 0. The predicted octanol–water partition coefficient (Wildman–Crippen LogP) is 4.22. The summed E-state index contributed by atoms with van der Waals surface area (Å²) in [5.74, 6) is 5.40. The number of hydrogen-bond donors (Lipinski definition) is 2. The number of hydrogen-bond acceptors (Lipinski definition) is 3. The van der Waals surface area contributed by atoms with Crippen LogP contribution in [0.4, 0.5) is 0 Å². The highest BCUT2D eigenvalue weighted by Crippen LogP contribution is 2.66. The van der Waals surface area contributed by atoms with Crippen LogP contribution in [0.1, 0.15) is 71.6 Å². The minimum atomic E-state index is -0.871. The van der Waals surface area contributed by atoms with Gasteiger partial charge in [-0.1, -0.05) is 24.9 Å². The standard InChI is InChI=1S/C21H31NO2/c1-4-21(23)12-11-19(2)14(13-21)5-6-15-16-7-8-18(22-24)20(16,3)10-9-17(15)19/h1,14-17,23-24H,5-13H2,2-3H3/b22-18+/t14?,15?,16?,17?,19-,20-,21-/m0/s1. The maximum absolute atomic E-state index is 10.6. The molecule has 4 aliphatic rings. The van der Waals surface area contributed by atoms with E-state index in [1.54, 1.807) is 0 Å². The van der Waals surface area contributed by atoms with Crippen molar-refractivity contribution >= 4 is 5.71 Å². The van der Waals surface area contributed by atoms with E-state index in [4.69, 9.17) is 6.42 Å². The van der Waals surface area contributed by atoms with Crippen molar-refractivity contribution in [1.29, 1.82) is 0 Å². The Labute approximate surface area is 145 Å². The van der Waals surface area contributed by atoms with Crippen LogP contribution in [0.15, 0.2) is 5.16 Å². The second kappa shape index (κ2) is 5.24. The van der Waals surface area contributed by atoms with Gasteiger partial charge >= 0.3 is 0 Å². The molecule has 24 heavy (non-hydrogen) atoms. The van der Waals surface area contributed by atoms with Crippen molar-refractivity contribution in [2.24, 2.45) is 39.7 Å². The van der Waals surface area contributed by atoms with Gasteiger partial charge in [-0.05, 0) is 86.9 Å². The van der Waals surface area contributed by atoms with Gasteiger partial charge in [0.15, 0.2) is 0 Å². The fourth-order valence-corrected chi connectivity index (χ4v) is 7.33. The van der Waals surface area contributed by atoms with E-state index in [0.29, 0.717) is 17.3 Å². The third-order valence-corrected chi connectivity index (χ3v) is 8.86. The molecule has 0 bridgehead atoms. The lowest BCUT2D eigenvalue weighted by Gasteiger charge is -2.61. The first-order chi connectivity index (χ1) is 11.4. The Kier molecular flexibility index (Phi) is 3.59. The van der Waals surface area contributed by atoms with Gasteiger partial charge in [-0.3, -0.25) is 0 Å². The highest BCUT2D eigenvalue weighted by molar-refractivity contribution is 5.91. The molecule has 0 aromatic carbocycles. The van der Waals surface area contributed by atoms with Gasteiger partial charge in [-0.25, -0.2) is 0 Å². The molecule has 0 amide bonds. The average molecular weight is 329 g/mol. The molecule has 0 aromatic heterocycles. The molecule has 3 heteroatoms. The topological polar surface area (TPSA) is 52.8 Å². The molecule has 4 rings (SSSR count). The summed E-state index contributed by atoms with van der Waals surface area (Å²) in [4.78, 5) is 0. The van der Waals surface area contributed by atoms with Crippen molar-refractivity contribution in [2.45, 2.75) is 77.2 Å². The van der Waals surface area contributed by atoms with Crippen molar-refractivity contribution in [3.05, 3.63) is 0 Å². The van der Waals surface area contributed by atoms with Gasteiger partial charge in [-0.2, -0.15) is 0 Å². The fourth-order valence-electron chi connectivity index (χ4n) is 7.33. The number of terminal acetylenes is 1. The molecule has 2 N–H and O–H groups in total. The zero-order valence-electron chi connectivity index (χ0n) is 15.1. The predicted molar refractivity (Wildman–Crippen MR) is 94.7 cm³/mol. The Morgan fingerprint density at radius 1 is 1.08 bits per heavy atom. The maximum atomic E-state index is 10.6. The number of rotatable bonds is 0. The number of oxime groups is 1. The fraction of sp³-hybridized carbons (Fsp3) is 0.857. The lowest BCUT2D eigenvalue weighted by Crippen LogP contribution is -2.55. The molecule has 0 saturated heterocycles. The molecule has 0 aromatic rings. The Bertz CT molecular complexity index is 607. The van der Waals surface area contributed by atoms with Gasteiger partial charge in [0, 0.05) is 5.41 Å². The number of fused-ring (bicyclic) bond motifs is 5. The summed E-state index contributed by atoms with van der Waals surface area (Å²) in [7, 11) is 0. The van der Waals surface area contributed by atoms with Crippen molar-refractivity contribution in [3.8, 4) is 12.3 Å². The van der Waals surface area contributed by atoms with E-state index >= 15 is 0 Å². The van der Waals surface area contributed by atoms with Crippen LogP contribution < -0.4 is 0 Å². The van der Waals surface area contributed by atoms with Crippen molar-refractivity contribution in [2.75, 3.05) is 0 Å². The molecular formula is C21H31NO2. The van der Waals surface area contributed by atoms with E-state index in [-0.39, 0.29) is 5.41 Å². The molecule has 0 aliphatic heterocycles. The van der Waals surface area contributed by atoms with Gasteiger partial charge < -0.3 is 10.3 Å². The van der Waals surface area contributed by atoms with E-state index < -0.39 is 5.60 Å². The second-order valence-electron chi connectivity index (χ2n) is 9.58. The van der Waals surface area contributed by atoms with Crippen molar-refractivity contribution in [3.63, 3.8) is 0 Å². The van der Waals surface area contributed by atoms with Crippen LogP contribution in [-0.2, 0) is 0 Å².